The summed E-state index contributed by atoms with van der Waals surface area (Å²) in [5.41, 5.74) is 0.580. The molecule has 1 unspecified atom stereocenters. The normalized spacial score (nSPS) is 12.0. The summed E-state index contributed by atoms with van der Waals surface area (Å²) in [5.74, 6) is -0.355. The fraction of sp³-hybridized carbons (Fsp3) is 0.143. The van der Waals surface area contributed by atoms with Crippen LogP contribution in [0.4, 0.5) is 15.8 Å². The van der Waals surface area contributed by atoms with Gasteiger partial charge in [0, 0.05) is 17.7 Å². The molecule has 2 aromatic rings. The standard InChI is InChI=1S/C14H11Cl2FN2O2/c1-8(10-4-2-3-5-13(10)17)18-14-11(15)6-9(19(20)21)7-12(14)16/h2-8,18H,1H3. The number of nitrogens with zero attached hydrogens (tertiary/aromatic N) is 1. The summed E-state index contributed by atoms with van der Waals surface area (Å²) >= 11 is 12.0. The van der Waals surface area contributed by atoms with Gasteiger partial charge in [-0.05, 0) is 13.0 Å². The SMILES string of the molecule is CC(Nc1c(Cl)cc([N+](=O)[O-])cc1Cl)c1ccccc1F. The zero-order valence-electron chi connectivity index (χ0n) is 10.9. The first-order chi connectivity index (χ1) is 9.90. The van der Waals surface area contributed by atoms with E-state index in [0.29, 0.717) is 11.3 Å². The highest BCUT2D eigenvalue weighted by molar-refractivity contribution is 6.39. The Bertz CT molecular complexity index is 671. The predicted octanol–water partition coefficient (Wildman–Crippen LogP) is 5.21. The van der Waals surface area contributed by atoms with E-state index in [-0.39, 0.29) is 21.5 Å². The van der Waals surface area contributed by atoms with Crippen molar-refractivity contribution in [3.8, 4) is 0 Å². The number of nitro groups is 1. The van der Waals surface area contributed by atoms with Crippen LogP contribution in [0.1, 0.15) is 18.5 Å². The minimum Gasteiger partial charge on any atom is -0.376 e. The quantitative estimate of drug-likeness (QED) is 0.618. The molecule has 2 aromatic carbocycles. The second-order valence-corrected chi connectivity index (χ2v) is 5.24. The minimum absolute atomic E-state index is 0.109. The van der Waals surface area contributed by atoms with Crippen LogP contribution in [0.3, 0.4) is 0 Å². The summed E-state index contributed by atoms with van der Waals surface area (Å²) < 4.78 is 13.7. The molecule has 0 amide bonds. The Morgan fingerprint density at radius 1 is 1.24 bits per heavy atom. The van der Waals surface area contributed by atoms with Crippen LogP contribution in [0.15, 0.2) is 36.4 Å². The molecule has 0 saturated carbocycles. The maximum atomic E-state index is 13.7. The number of non-ortho nitro benzene ring substituents is 1. The van der Waals surface area contributed by atoms with E-state index in [1.165, 1.54) is 18.2 Å². The monoisotopic (exact) mass is 328 g/mol. The molecule has 0 radical (unpaired) electrons. The van der Waals surface area contributed by atoms with E-state index < -0.39 is 11.0 Å². The van der Waals surface area contributed by atoms with Crippen LogP contribution >= 0.6 is 23.2 Å². The van der Waals surface area contributed by atoms with Gasteiger partial charge in [-0.1, -0.05) is 41.4 Å². The van der Waals surface area contributed by atoms with Crippen molar-refractivity contribution in [2.75, 3.05) is 5.32 Å². The van der Waals surface area contributed by atoms with Gasteiger partial charge in [0.2, 0.25) is 0 Å². The van der Waals surface area contributed by atoms with Crippen molar-refractivity contribution in [3.05, 3.63) is 67.9 Å². The molecule has 0 heterocycles. The smallest absolute Gasteiger partial charge is 0.272 e. The number of hydrogen-bond acceptors (Lipinski definition) is 3. The average Bonchev–Trinajstić information content (AvgIpc) is 2.42. The summed E-state index contributed by atoms with van der Waals surface area (Å²) in [6, 6.07) is 8.30. The van der Waals surface area contributed by atoms with Crippen LogP contribution < -0.4 is 5.32 Å². The summed E-state index contributed by atoms with van der Waals surface area (Å²) in [5, 5.41) is 13.9. The van der Waals surface area contributed by atoms with Crippen LogP contribution in [0.25, 0.3) is 0 Å². The van der Waals surface area contributed by atoms with Crippen LogP contribution in [0, 0.1) is 15.9 Å². The third-order valence-electron chi connectivity index (χ3n) is 2.97. The van der Waals surface area contributed by atoms with Crippen LogP contribution in [-0.4, -0.2) is 4.92 Å². The maximum absolute atomic E-state index is 13.7. The Hall–Kier alpha value is -1.85. The number of benzene rings is 2. The molecule has 0 bridgehead atoms. The van der Waals surface area contributed by atoms with Crippen LogP contribution in [0.5, 0.6) is 0 Å². The van der Waals surface area contributed by atoms with Gasteiger partial charge in [0.25, 0.3) is 5.69 Å². The van der Waals surface area contributed by atoms with E-state index in [2.05, 4.69) is 5.32 Å². The molecule has 0 aromatic heterocycles. The van der Waals surface area contributed by atoms with Crippen molar-refractivity contribution in [2.24, 2.45) is 0 Å². The van der Waals surface area contributed by atoms with Crippen LogP contribution in [-0.2, 0) is 0 Å². The van der Waals surface area contributed by atoms with Gasteiger partial charge in [-0.25, -0.2) is 4.39 Å². The molecule has 7 heteroatoms. The van der Waals surface area contributed by atoms with Crippen molar-refractivity contribution < 1.29 is 9.31 Å². The second kappa shape index (κ2) is 6.28. The first kappa shape index (κ1) is 15.5. The number of nitro benzene ring substituents is 1. The Labute approximate surface area is 130 Å². The van der Waals surface area contributed by atoms with Gasteiger partial charge >= 0.3 is 0 Å². The van der Waals surface area contributed by atoms with Crippen molar-refractivity contribution in [1.29, 1.82) is 0 Å². The Morgan fingerprint density at radius 2 is 1.81 bits per heavy atom. The first-order valence-electron chi connectivity index (χ1n) is 6.04. The Morgan fingerprint density at radius 3 is 2.33 bits per heavy atom. The summed E-state index contributed by atoms with van der Waals surface area (Å²) in [6.45, 7) is 1.74. The summed E-state index contributed by atoms with van der Waals surface area (Å²) in [7, 11) is 0. The second-order valence-electron chi connectivity index (χ2n) is 4.43. The molecular weight excluding hydrogens is 318 g/mol. The topological polar surface area (TPSA) is 55.2 Å². The number of nitrogens with one attached hydrogen (secondary N) is 1. The molecule has 2 rings (SSSR count). The van der Waals surface area contributed by atoms with E-state index in [0.717, 1.165) is 0 Å². The lowest BCUT2D eigenvalue weighted by atomic mass is 10.1. The van der Waals surface area contributed by atoms with Crippen molar-refractivity contribution in [1.82, 2.24) is 0 Å². The highest BCUT2D eigenvalue weighted by atomic mass is 35.5. The van der Waals surface area contributed by atoms with E-state index in [1.54, 1.807) is 25.1 Å². The van der Waals surface area contributed by atoms with Crippen molar-refractivity contribution >= 4 is 34.6 Å². The zero-order chi connectivity index (χ0) is 15.6. The van der Waals surface area contributed by atoms with Gasteiger partial charge in [0.05, 0.1) is 26.7 Å². The molecule has 0 aliphatic rings. The van der Waals surface area contributed by atoms with E-state index >= 15 is 0 Å². The molecule has 4 nitrogen and oxygen atoms in total. The Balaban J connectivity index is 2.32. The van der Waals surface area contributed by atoms with Gasteiger partial charge in [-0.3, -0.25) is 10.1 Å². The highest BCUT2D eigenvalue weighted by Crippen LogP contribution is 2.36. The number of halogens is 3. The highest BCUT2D eigenvalue weighted by Gasteiger charge is 2.17. The van der Waals surface area contributed by atoms with Gasteiger partial charge in [0.1, 0.15) is 5.82 Å². The van der Waals surface area contributed by atoms with E-state index in [9.17, 15) is 14.5 Å². The lowest BCUT2D eigenvalue weighted by Crippen LogP contribution is -2.09. The largest absolute Gasteiger partial charge is 0.376 e. The fourth-order valence-corrected chi connectivity index (χ4v) is 2.51. The molecule has 0 aliphatic heterocycles. The van der Waals surface area contributed by atoms with Crippen molar-refractivity contribution in [3.63, 3.8) is 0 Å². The first-order valence-corrected chi connectivity index (χ1v) is 6.80. The van der Waals surface area contributed by atoms with Gasteiger partial charge in [-0.15, -0.1) is 0 Å². The molecule has 21 heavy (non-hydrogen) atoms. The zero-order valence-corrected chi connectivity index (χ0v) is 12.5. The molecule has 1 N–H and O–H groups in total. The van der Waals surface area contributed by atoms with Crippen molar-refractivity contribution in [2.45, 2.75) is 13.0 Å². The van der Waals surface area contributed by atoms with Gasteiger partial charge < -0.3 is 5.32 Å². The fourth-order valence-electron chi connectivity index (χ4n) is 1.92. The number of hydrogen-bond donors (Lipinski definition) is 1. The van der Waals surface area contributed by atoms with E-state index in [1.807, 2.05) is 0 Å². The minimum atomic E-state index is -0.582. The molecule has 0 fully saturated rings. The third-order valence-corrected chi connectivity index (χ3v) is 3.57. The molecule has 110 valence electrons. The molecular formula is C14H11Cl2FN2O2. The van der Waals surface area contributed by atoms with Gasteiger partial charge in [0.15, 0.2) is 0 Å². The third kappa shape index (κ3) is 3.43. The summed E-state index contributed by atoms with van der Waals surface area (Å²) in [4.78, 5) is 10.1. The van der Waals surface area contributed by atoms with E-state index in [4.69, 9.17) is 23.2 Å². The molecule has 1 atom stereocenters. The molecule has 0 aliphatic carbocycles. The lowest BCUT2D eigenvalue weighted by molar-refractivity contribution is -0.384. The average molecular weight is 329 g/mol. The maximum Gasteiger partial charge on any atom is 0.272 e. The van der Waals surface area contributed by atoms with Crippen LogP contribution in [0.2, 0.25) is 10.0 Å². The van der Waals surface area contributed by atoms with Gasteiger partial charge in [-0.2, -0.15) is 0 Å². The number of anilines is 1. The lowest BCUT2D eigenvalue weighted by Gasteiger charge is -2.18. The Kier molecular flexibility index (Phi) is 4.65. The number of rotatable bonds is 4. The predicted molar refractivity (Wildman–Crippen MR) is 81.6 cm³/mol. The molecule has 0 spiro atoms. The molecule has 0 saturated heterocycles. The summed E-state index contributed by atoms with van der Waals surface area (Å²) in [6.07, 6.45) is 0.